The van der Waals surface area contributed by atoms with E-state index >= 15 is 0 Å². The number of furan rings is 1. The van der Waals surface area contributed by atoms with Crippen molar-refractivity contribution >= 4 is 11.6 Å². The van der Waals surface area contributed by atoms with Crippen molar-refractivity contribution in [2.24, 2.45) is 0 Å². The first-order valence-electron chi connectivity index (χ1n) is 6.32. The number of amides is 1. The minimum absolute atomic E-state index is 0.234. The first-order chi connectivity index (χ1) is 9.52. The summed E-state index contributed by atoms with van der Waals surface area (Å²) in [5, 5.41) is 2.85. The Balaban J connectivity index is 2.16. The van der Waals surface area contributed by atoms with Crippen LogP contribution in [0.5, 0.6) is 5.75 Å². The van der Waals surface area contributed by atoms with E-state index in [4.69, 9.17) is 14.9 Å². The van der Waals surface area contributed by atoms with Crippen LogP contribution in [0.4, 0.5) is 5.69 Å². The highest BCUT2D eigenvalue weighted by Gasteiger charge is 2.17. The number of carbonyl (C=O) groups is 1. The Morgan fingerprint density at radius 1 is 1.35 bits per heavy atom. The minimum atomic E-state index is -0.261. The molecule has 0 saturated carbocycles. The first-order valence-corrected chi connectivity index (χ1v) is 6.32. The number of anilines is 1. The zero-order chi connectivity index (χ0) is 14.7. The number of methoxy groups -OCH3 is 1. The summed E-state index contributed by atoms with van der Waals surface area (Å²) in [5.74, 6) is 1.74. The highest BCUT2D eigenvalue weighted by molar-refractivity contribution is 6.00. The van der Waals surface area contributed by atoms with Crippen molar-refractivity contribution in [3.63, 3.8) is 0 Å². The van der Waals surface area contributed by atoms with Crippen LogP contribution < -0.4 is 15.8 Å². The van der Waals surface area contributed by atoms with E-state index in [1.54, 1.807) is 18.2 Å². The first kappa shape index (κ1) is 14.0. The minimum Gasteiger partial charge on any atom is -0.495 e. The smallest absolute Gasteiger partial charge is 0.254 e. The second-order valence-electron chi connectivity index (χ2n) is 4.57. The van der Waals surface area contributed by atoms with Gasteiger partial charge in [-0.2, -0.15) is 0 Å². The van der Waals surface area contributed by atoms with Crippen LogP contribution in [0.25, 0.3) is 0 Å². The van der Waals surface area contributed by atoms with Crippen molar-refractivity contribution < 1.29 is 13.9 Å². The Labute approximate surface area is 117 Å². The van der Waals surface area contributed by atoms with Gasteiger partial charge in [-0.1, -0.05) is 6.07 Å². The van der Waals surface area contributed by atoms with Gasteiger partial charge in [-0.25, -0.2) is 0 Å². The molecule has 1 heterocycles. The Bertz CT molecular complexity index is 619. The molecule has 106 valence electrons. The van der Waals surface area contributed by atoms with Crippen molar-refractivity contribution in [1.29, 1.82) is 0 Å². The number of rotatable bonds is 4. The molecule has 2 aromatic rings. The molecule has 0 saturated heterocycles. The summed E-state index contributed by atoms with van der Waals surface area (Å²) in [6, 6.07) is 8.57. The summed E-state index contributed by atoms with van der Waals surface area (Å²) < 4.78 is 10.6. The maximum absolute atomic E-state index is 12.2. The molecule has 1 atom stereocenters. The van der Waals surface area contributed by atoms with E-state index in [9.17, 15) is 4.79 Å². The fraction of sp³-hybridized carbons (Fsp3) is 0.267. The standard InChI is InChI=1S/C15H18N2O3/c1-9-7-8-12(20-9)10(2)17-15(18)11-5-4-6-13(19-3)14(11)16/h4-8,10H,16H2,1-3H3,(H,17,18). The van der Waals surface area contributed by atoms with Crippen LogP contribution in [0, 0.1) is 6.92 Å². The molecule has 0 aliphatic heterocycles. The monoisotopic (exact) mass is 274 g/mol. The van der Waals surface area contributed by atoms with Gasteiger partial charge < -0.3 is 20.2 Å². The maximum atomic E-state index is 12.2. The summed E-state index contributed by atoms with van der Waals surface area (Å²) in [6.45, 7) is 3.71. The molecule has 3 N–H and O–H groups in total. The molecule has 0 fully saturated rings. The van der Waals surface area contributed by atoms with Crippen LogP contribution in [0.15, 0.2) is 34.7 Å². The van der Waals surface area contributed by atoms with Crippen LogP contribution in [-0.4, -0.2) is 13.0 Å². The second kappa shape index (κ2) is 5.69. The molecular weight excluding hydrogens is 256 g/mol. The molecule has 5 nitrogen and oxygen atoms in total. The number of ether oxygens (including phenoxy) is 1. The molecule has 20 heavy (non-hydrogen) atoms. The van der Waals surface area contributed by atoms with Crippen LogP contribution >= 0.6 is 0 Å². The third-order valence-corrected chi connectivity index (χ3v) is 3.07. The van der Waals surface area contributed by atoms with Gasteiger partial charge in [0.25, 0.3) is 5.91 Å². The molecule has 0 bridgehead atoms. The highest BCUT2D eigenvalue weighted by Crippen LogP contribution is 2.25. The number of hydrogen-bond donors (Lipinski definition) is 2. The van der Waals surface area contributed by atoms with Gasteiger partial charge >= 0.3 is 0 Å². The summed E-state index contributed by atoms with van der Waals surface area (Å²) >= 11 is 0. The lowest BCUT2D eigenvalue weighted by Gasteiger charge is -2.14. The molecule has 1 aromatic heterocycles. The van der Waals surface area contributed by atoms with E-state index in [0.29, 0.717) is 22.8 Å². The quantitative estimate of drug-likeness (QED) is 0.840. The number of carbonyl (C=O) groups excluding carboxylic acids is 1. The van der Waals surface area contributed by atoms with Gasteiger partial charge in [-0.15, -0.1) is 0 Å². The van der Waals surface area contributed by atoms with Gasteiger partial charge in [0, 0.05) is 0 Å². The fourth-order valence-corrected chi connectivity index (χ4v) is 1.95. The summed E-state index contributed by atoms with van der Waals surface area (Å²) in [7, 11) is 1.52. The zero-order valence-electron chi connectivity index (χ0n) is 11.8. The molecule has 5 heteroatoms. The van der Waals surface area contributed by atoms with Gasteiger partial charge in [0.1, 0.15) is 17.3 Å². The lowest BCUT2D eigenvalue weighted by atomic mass is 10.1. The normalized spacial score (nSPS) is 11.9. The van der Waals surface area contributed by atoms with Crippen molar-refractivity contribution in [2.75, 3.05) is 12.8 Å². The van der Waals surface area contributed by atoms with Gasteiger partial charge in [0.2, 0.25) is 0 Å². The molecule has 0 radical (unpaired) electrons. The van der Waals surface area contributed by atoms with E-state index < -0.39 is 0 Å². The van der Waals surface area contributed by atoms with E-state index in [2.05, 4.69) is 5.32 Å². The second-order valence-corrected chi connectivity index (χ2v) is 4.57. The Kier molecular flexibility index (Phi) is 3.98. The fourth-order valence-electron chi connectivity index (χ4n) is 1.95. The van der Waals surface area contributed by atoms with Crippen molar-refractivity contribution in [3.05, 3.63) is 47.4 Å². The third kappa shape index (κ3) is 2.77. The molecular formula is C15H18N2O3. The van der Waals surface area contributed by atoms with Crippen molar-refractivity contribution in [3.8, 4) is 5.75 Å². The molecule has 2 rings (SSSR count). The Morgan fingerprint density at radius 2 is 2.10 bits per heavy atom. The van der Waals surface area contributed by atoms with Crippen LogP contribution in [0.1, 0.15) is 34.8 Å². The number of benzene rings is 1. The van der Waals surface area contributed by atoms with Gasteiger partial charge in [-0.05, 0) is 38.1 Å². The van der Waals surface area contributed by atoms with E-state index in [1.165, 1.54) is 7.11 Å². The SMILES string of the molecule is COc1cccc(C(=O)NC(C)c2ccc(C)o2)c1N. The van der Waals surface area contributed by atoms with Crippen molar-refractivity contribution in [1.82, 2.24) is 5.32 Å². The molecule has 1 aromatic carbocycles. The summed E-state index contributed by atoms with van der Waals surface area (Å²) in [5.41, 5.74) is 6.62. The summed E-state index contributed by atoms with van der Waals surface area (Å²) in [4.78, 5) is 12.2. The van der Waals surface area contributed by atoms with Crippen LogP contribution in [0.3, 0.4) is 0 Å². The van der Waals surface area contributed by atoms with Crippen LogP contribution in [0.2, 0.25) is 0 Å². The Morgan fingerprint density at radius 3 is 2.70 bits per heavy atom. The maximum Gasteiger partial charge on any atom is 0.254 e. The zero-order valence-corrected chi connectivity index (χ0v) is 11.8. The number of nitrogen functional groups attached to an aromatic ring is 1. The van der Waals surface area contributed by atoms with Gasteiger partial charge in [0.15, 0.2) is 0 Å². The van der Waals surface area contributed by atoms with Crippen LogP contribution in [-0.2, 0) is 0 Å². The predicted molar refractivity (Wildman–Crippen MR) is 76.7 cm³/mol. The van der Waals surface area contributed by atoms with Gasteiger partial charge in [-0.3, -0.25) is 4.79 Å². The molecule has 0 aliphatic carbocycles. The molecule has 0 spiro atoms. The number of nitrogens with two attached hydrogens (primary N) is 1. The topological polar surface area (TPSA) is 77.5 Å². The average molecular weight is 274 g/mol. The third-order valence-electron chi connectivity index (χ3n) is 3.07. The van der Waals surface area contributed by atoms with Crippen molar-refractivity contribution in [2.45, 2.75) is 19.9 Å². The van der Waals surface area contributed by atoms with E-state index in [-0.39, 0.29) is 11.9 Å². The number of hydrogen-bond acceptors (Lipinski definition) is 4. The van der Waals surface area contributed by atoms with Gasteiger partial charge in [0.05, 0.1) is 24.4 Å². The average Bonchev–Trinajstić information content (AvgIpc) is 2.85. The molecule has 1 unspecified atom stereocenters. The van der Waals surface area contributed by atoms with E-state index in [0.717, 1.165) is 5.76 Å². The number of para-hydroxylation sites is 1. The lowest BCUT2D eigenvalue weighted by molar-refractivity contribution is 0.0935. The summed E-state index contributed by atoms with van der Waals surface area (Å²) in [6.07, 6.45) is 0. The Hall–Kier alpha value is -2.43. The largest absolute Gasteiger partial charge is 0.495 e. The van der Waals surface area contributed by atoms with E-state index in [1.807, 2.05) is 26.0 Å². The number of nitrogens with one attached hydrogen (secondary N) is 1. The molecule has 0 aliphatic rings. The molecule has 1 amide bonds. The predicted octanol–water partition coefficient (Wildman–Crippen LogP) is 2.67. The highest BCUT2D eigenvalue weighted by atomic mass is 16.5. The number of aryl methyl sites for hydroxylation is 1. The lowest BCUT2D eigenvalue weighted by Crippen LogP contribution is -2.27.